The van der Waals surface area contributed by atoms with Crippen LogP contribution in [-0.4, -0.2) is 17.0 Å². The van der Waals surface area contributed by atoms with Gasteiger partial charge in [-0.1, -0.05) is 35.7 Å². The number of hydrogen-bond acceptors (Lipinski definition) is 1. The van der Waals surface area contributed by atoms with Crippen molar-refractivity contribution in [3.05, 3.63) is 0 Å². The fourth-order valence-electron chi connectivity index (χ4n) is 0.855. The molecule has 62 valence electrons. The summed E-state index contributed by atoms with van der Waals surface area (Å²) in [5, 5.41) is 9.79. The molecule has 0 aromatic carbocycles. The van der Waals surface area contributed by atoms with E-state index in [-0.39, 0.29) is 0 Å². The van der Waals surface area contributed by atoms with E-state index in [9.17, 15) is 0 Å². The third kappa shape index (κ3) is 6.56. The van der Waals surface area contributed by atoms with Crippen LogP contribution in [0.3, 0.4) is 0 Å². The van der Waals surface area contributed by atoms with Crippen LogP contribution in [0.1, 0.15) is 32.6 Å². The number of alkyl halides is 1. The second-order valence-corrected chi connectivity index (χ2v) is 3.62. The molecule has 0 fully saturated rings. The highest BCUT2D eigenvalue weighted by Crippen LogP contribution is 2.08. The molecule has 0 radical (unpaired) electrons. The lowest BCUT2D eigenvalue weighted by atomic mass is 10.0. The van der Waals surface area contributed by atoms with Crippen molar-refractivity contribution in [2.45, 2.75) is 32.6 Å². The first-order valence-electron chi connectivity index (χ1n) is 3.98. The molecule has 1 nitrogen and oxygen atoms in total. The van der Waals surface area contributed by atoms with Crippen molar-refractivity contribution in [1.82, 2.24) is 0 Å². The predicted molar refractivity (Wildman–Crippen MR) is 48.5 cm³/mol. The van der Waals surface area contributed by atoms with Gasteiger partial charge >= 0.3 is 0 Å². The zero-order valence-corrected chi connectivity index (χ0v) is 8.23. The molecule has 0 rings (SSSR count). The van der Waals surface area contributed by atoms with Crippen LogP contribution in [-0.2, 0) is 0 Å². The molecule has 0 aliphatic carbocycles. The normalized spacial score (nSPS) is 13.5. The zero-order chi connectivity index (χ0) is 7.82. The van der Waals surface area contributed by atoms with Crippen molar-refractivity contribution in [2.75, 3.05) is 11.9 Å². The Kier molecular flexibility index (Phi) is 7.88. The molecule has 0 bridgehead atoms. The Morgan fingerprint density at radius 2 is 2.00 bits per heavy atom. The number of rotatable bonds is 6. The minimum Gasteiger partial charge on any atom is -0.396 e. The minimum atomic E-state index is 0.342. The highest BCUT2D eigenvalue weighted by molar-refractivity contribution is 9.09. The van der Waals surface area contributed by atoms with E-state index in [4.69, 9.17) is 5.11 Å². The van der Waals surface area contributed by atoms with Crippen LogP contribution in [0.15, 0.2) is 0 Å². The third-order valence-electron chi connectivity index (χ3n) is 1.64. The van der Waals surface area contributed by atoms with Gasteiger partial charge in [0, 0.05) is 11.9 Å². The van der Waals surface area contributed by atoms with Crippen molar-refractivity contribution in [1.29, 1.82) is 0 Å². The van der Waals surface area contributed by atoms with Crippen molar-refractivity contribution < 1.29 is 5.11 Å². The van der Waals surface area contributed by atoms with E-state index < -0.39 is 0 Å². The second kappa shape index (κ2) is 7.55. The van der Waals surface area contributed by atoms with E-state index >= 15 is 0 Å². The number of unbranched alkanes of at least 4 members (excludes halogenated alkanes) is 2. The molecule has 1 unspecified atom stereocenters. The molecule has 0 spiro atoms. The quantitative estimate of drug-likeness (QED) is 0.526. The Bertz CT molecular complexity index is 66.3. The maximum atomic E-state index is 8.68. The highest BCUT2D eigenvalue weighted by atomic mass is 79.9. The van der Waals surface area contributed by atoms with Gasteiger partial charge in [0.15, 0.2) is 0 Å². The summed E-state index contributed by atoms with van der Waals surface area (Å²) in [6, 6.07) is 0. The lowest BCUT2D eigenvalue weighted by Gasteiger charge is -2.05. The van der Waals surface area contributed by atoms with Gasteiger partial charge in [0.1, 0.15) is 0 Å². The number of halogens is 1. The van der Waals surface area contributed by atoms with Gasteiger partial charge in [-0.15, -0.1) is 0 Å². The van der Waals surface area contributed by atoms with Crippen LogP contribution < -0.4 is 0 Å². The van der Waals surface area contributed by atoms with Crippen LogP contribution in [0.25, 0.3) is 0 Å². The van der Waals surface area contributed by atoms with Gasteiger partial charge in [0.05, 0.1) is 0 Å². The fraction of sp³-hybridized carbons (Fsp3) is 1.00. The molecule has 1 atom stereocenters. The molecule has 10 heavy (non-hydrogen) atoms. The first-order valence-corrected chi connectivity index (χ1v) is 5.10. The topological polar surface area (TPSA) is 20.2 Å². The largest absolute Gasteiger partial charge is 0.396 e. The van der Waals surface area contributed by atoms with Gasteiger partial charge in [-0.3, -0.25) is 0 Å². The highest BCUT2D eigenvalue weighted by Gasteiger charge is 1.97. The van der Waals surface area contributed by atoms with E-state index in [1.807, 2.05) is 0 Å². The van der Waals surface area contributed by atoms with Crippen molar-refractivity contribution in [2.24, 2.45) is 5.92 Å². The summed E-state index contributed by atoms with van der Waals surface area (Å²) in [7, 11) is 0. The molecule has 0 aliphatic rings. The summed E-state index contributed by atoms with van der Waals surface area (Å²) < 4.78 is 0. The fourth-order valence-corrected chi connectivity index (χ4v) is 1.25. The molecule has 2 heteroatoms. The lowest BCUT2D eigenvalue weighted by Crippen LogP contribution is -1.99. The van der Waals surface area contributed by atoms with Gasteiger partial charge in [0.25, 0.3) is 0 Å². The summed E-state index contributed by atoms with van der Waals surface area (Å²) >= 11 is 3.38. The van der Waals surface area contributed by atoms with Crippen LogP contribution >= 0.6 is 15.9 Å². The Morgan fingerprint density at radius 1 is 1.30 bits per heavy atom. The molecule has 0 saturated carbocycles. The molecular weight excluding hydrogens is 192 g/mol. The third-order valence-corrected chi connectivity index (χ3v) is 2.20. The Balaban J connectivity index is 2.89. The van der Waals surface area contributed by atoms with Crippen LogP contribution in [0.4, 0.5) is 0 Å². The molecule has 0 amide bonds. The summed E-state index contributed by atoms with van der Waals surface area (Å²) in [6.45, 7) is 2.43. The average molecular weight is 209 g/mol. The maximum absolute atomic E-state index is 8.68. The van der Waals surface area contributed by atoms with Gasteiger partial charge in [0.2, 0.25) is 0 Å². The Hall–Kier alpha value is 0.440. The summed E-state index contributed by atoms with van der Waals surface area (Å²) in [6.07, 6.45) is 4.98. The van der Waals surface area contributed by atoms with E-state index in [0.717, 1.165) is 5.33 Å². The smallest absolute Gasteiger partial charge is 0.0456 e. The SMILES string of the molecule is CC(CO)CCCCCBr. The number of hydrogen-bond donors (Lipinski definition) is 1. The molecule has 0 saturated heterocycles. The van der Waals surface area contributed by atoms with Gasteiger partial charge in [-0.2, -0.15) is 0 Å². The predicted octanol–water partition coefficient (Wildman–Crippen LogP) is 2.57. The summed E-state index contributed by atoms with van der Waals surface area (Å²) in [5.74, 6) is 0.496. The molecule has 0 heterocycles. The number of aliphatic hydroxyl groups excluding tert-OH is 1. The Morgan fingerprint density at radius 3 is 2.50 bits per heavy atom. The van der Waals surface area contributed by atoms with E-state index in [0.29, 0.717) is 12.5 Å². The lowest BCUT2D eigenvalue weighted by molar-refractivity contribution is 0.227. The summed E-state index contributed by atoms with van der Waals surface area (Å²) in [4.78, 5) is 0. The molecule has 1 N–H and O–H groups in total. The van der Waals surface area contributed by atoms with E-state index in [1.165, 1.54) is 25.7 Å². The minimum absolute atomic E-state index is 0.342. The van der Waals surface area contributed by atoms with E-state index in [2.05, 4.69) is 22.9 Å². The number of aliphatic hydroxyl groups is 1. The van der Waals surface area contributed by atoms with Crippen LogP contribution in [0.2, 0.25) is 0 Å². The maximum Gasteiger partial charge on any atom is 0.0456 e. The van der Waals surface area contributed by atoms with Gasteiger partial charge in [-0.05, 0) is 18.8 Å². The Labute approximate surface area is 72.0 Å². The molecule has 0 aliphatic heterocycles. The standard InChI is InChI=1S/C8H17BrO/c1-8(7-10)5-3-2-4-6-9/h8,10H,2-7H2,1H3. The molecule has 0 aromatic rings. The molecule has 0 aromatic heterocycles. The van der Waals surface area contributed by atoms with Crippen molar-refractivity contribution >= 4 is 15.9 Å². The first kappa shape index (κ1) is 10.4. The first-order chi connectivity index (χ1) is 4.81. The molecular formula is C8H17BrO. The monoisotopic (exact) mass is 208 g/mol. The van der Waals surface area contributed by atoms with Crippen molar-refractivity contribution in [3.8, 4) is 0 Å². The summed E-state index contributed by atoms with van der Waals surface area (Å²) in [5.41, 5.74) is 0. The van der Waals surface area contributed by atoms with Gasteiger partial charge in [-0.25, -0.2) is 0 Å². The van der Waals surface area contributed by atoms with Crippen LogP contribution in [0, 0.1) is 5.92 Å². The van der Waals surface area contributed by atoms with Crippen LogP contribution in [0.5, 0.6) is 0 Å². The van der Waals surface area contributed by atoms with Gasteiger partial charge < -0.3 is 5.11 Å². The zero-order valence-electron chi connectivity index (χ0n) is 6.65. The van der Waals surface area contributed by atoms with E-state index in [1.54, 1.807) is 0 Å². The van der Waals surface area contributed by atoms with Crippen molar-refractivity contribution in [3.63, 3.8) is 0 Å². The average Bonchev–Trinajstić information content (AvgIpc) is 1.98. The second-order valence-electron chi connectivity index (χ2n) is 2.83.